The van der Waals surface area contributed by atoms with Gasteiger partial charge < -0.3 is 4.42 Å². The van der Waals surface area contributed by atoms with Gasteiger partial charge in [0, 0.05) is 6.54 Å². The number of aromatic nitrogens is 2. The summed E-state index contributed by atoms with van der Waals surface area (Å²) in [5, 5.41) is 7.34. The van der Waals surface area contributed by atoms with E-state index in [2.05, 4.69) is 10.2 Å². The van der Waals surface area contributed by atoms with Gasteiger partial charge in [0.1, 0.15) is 11.2 Å². The van der Waals surface area contributed by atoms with E-state index in [0.29, 0.717) is 18.1 Å². The number of benzene rings is 1. The van der Waals surface area contributed by atoms with E-state index in [1.165, 1.54) is 6.07 Å². The lowest BCUT2D eigenvalue weighted by molar-refractivity contribution is 0.493. The molecule has 2 rings (SSSR count). The smallest absolute Gasteiger partial charge is 0.322 e. The van der Waals surface area contributed by atoms with E-state index in [-0.39, 0.29) is 17.2 Å². The minimum absolute atomic E-state index is 0.241. The van der Waals surface area contributed by atoms with Crippen LogP contribution in [0.15, 0.2) is 28.7 Å². The molecule has 0 spiro atoms. The fourth-order valence-corrected chi connectivity index (χ4v) is 1.66. The first-order chi connectivity index (χ1) is 8.63. The van der Waals surface area contributed by atoms with Crippen LogP contribution < -0.4 is 4.90 Å². The summed E-state index contributed by atoms with van der Waals surface area (Å²) >= 11 is 5.85. The summed E-state index contributed by atoms with van der Waals surface area (Å²) in [5.74, 6) is -0.0144. The first kappa shape index (κ1) is 12.8. The zero-order chi connectivity index (χ0) is 13.1. The van der Waals surface area contributed by atoms with Crippen molar-refractivity contribution in [1.82, 2.24) is 10.2 Å². The molecule has 0 fully saturated rings. The molecule has 0 N–H and O–H groups in total. The van der Waals surface area contributed by atoms with E-state index < -0.39 is 0 Å². The molecule has 0 amide bonds. The van der Waals surface area contributed by atoms with Gasteiger partial charge >= 0.3 is 6.01 Å². The maximum atomic E-state index is 13.7. The summed E-state index contributed by atoms with van der Waals surface area (Å²) < 4.78 is 19.1. The lowest BCUT2D eigenvalue weighted by Crippen LogP contribution is -2.17. The number of para-hydroxylation sites is 1. The highest BCUT2D eigenvalue weighted by Gasteiger charge is 2.19. The van der Waals surface area contributed by atoms with Gasteiger partial charge in [0.15, 0.2) is 0 Å². The molecule has 0 radical (unpaired) electrons. The molecule has 0 aliphatic carbocycles. The van der Waals surface area contributed by atoms with Gasteiger partial charge in [-0.05, 0) is 26.0 Å². The van der Waals surface area contributed by atoms with E-state index in [9.17, 15) is 4.39 Å². The Kier molecular flexibility index (Phi) is 3.81. The average molecular weight is 270 g/mol. The molecule has 1 atom stereocenters. The molecule has 0 bridgehead atoms. The second-order valence-electron chi connectivity index (χ2n) is 3.73. The van der Waals surface area contributed by atoms with Crippen LogP contribution in [0.3, 0.4) is 0 Å². The van der Waals surface area contributed by atoms with E-state index in [1.807, 2.05) is 6.92 Å². The molecular formula is C12H13ClFN3O. The molecule has 1 aromatic carbocycles. The lowest BCUT2D eigenvalue weighted by Gasteiger charge is -2.18. The van der Waals surface area contributed by atoms with Gasteiger partial charge in [-0.3, -0.25) is 4.90 Å². The van der Waals surface area contributed by atoms with Gasteiger partial charge in [0.25, 0.3) is 0 Å². The highest BCUT2D eigenvalue weighted by Crippen LogP contribution is 2.28. The van der Waals surface area contributed by atoms with Crippen molar-refractivity contribution in [2.75, 3.05) is 11.4 Å². The van der Waals surface area contributed by atoms with Crippen LogP contribution in [-0.4, -0.2) is 16.7 Å². The van der Waals surface area contributed by atoms with Crippen molar-refractivity contribution < 1.29 is 8.81 Å². The van der Waals surface area contributed by atoms with Crippen LogP contribution in [0.5, 0.6) is 0 Å². The summed E-state index contributed by atoms with van der Waals surface area (Å²) in [6.45, 7) is 4.12. The van der Waals surface area contributed by atoms with Gasteiger partial charge in [-0.25, -0.2) is 4.39 Å². The number of rotatable bonds is 4. The standard InChI is InChI=1S/C12H13ClFN3O/c1-3-17(10-7-5-4-6-9(10)14)12-16-15-11(18-12)8(2)13/h4-8H,3H2,1-2H3. The second kappa shape index (κ2) is 5.35. The maximum absolute atomic E-state index is 13.7. The quantitative estimate of drug-likeness (QED) is 0.794. The van der Waals surface area contributed by atoms with Gasteiger partial charge in [-0.1, -0.05) is 17.2 Å². The van der Waals surface area contributed by atoms with Crippen molar-refractivity contribution in [3.8, 4) is 0 Å². The van der Waals surface area contributed by atoms with Crippen molar-refractivity contribution in [3.63, 3.8) is 0 Å². The highest BCUT2D eigenvalue weighted by molar-refractivity contribution is 6.20. The van der Waals surface area contributed by atoms with Crippen molar-refractivity contribution in [2.24, 2.45) is 0 Å². The molecule has 4 nitrogen and oxygen atoms in total. The zero-order valence-corrected chi connectivity index (χ0v) is 10.9. The summed E-state index contributed by atoms with van der Waals surface area (Å²) in [6.07, 6.45) is 0. The van der Waals surface area contributed by atoms with Crippen molar-refractivity contribution in [1.29, 1.82) is 0 Å². The SMILES string of the molecule is CCN(c1nnc(C(C)Cl)o1)c1ccccc1F. The van der Waals surface area contributed by atoms with Gasteiger partial charge in [-0.15, -0.1) is 16.7 Å². The van der Waals surface area contributed by atoms with Crippen LogP contribution >= 0.6 is 11.6 Å². The average Bonchev–Trinajstić information content (AvgIpc) is 2.82. The third-order valence-corrected chi connectivity index (χ3v) is 2.65. The van der Waals surface area contributed by atoms with E-state index >= 15 is 0 Å². The van der Waals surface area contributed by atoms with E-state index in [4.69, 9.17) is 16.0 Å². The topological polar surface area (TPSA) is 42.2 Å². The molecule has 6 heteroatoms. The molecule has 1 heterocycles. The normalized spacial score (nSPS) is 12.4. The van der Waals surface area contributed by atoms with Crippen LogP contribution in [0.1, 0.15) is 25.1 Å². The van der Waals surface area contributed by atoms with Crippen molar-refractivity contribution in [3.05, 3.63) is 36.0 Å². The van der Waals surface area contributed by atoms with Crippen LogP contribution in [-0.2, 0) is 0 Å². The molecule has 96 valence electrons. The second-order valence-corrected chi connectivity index (χ2v) is 4.39. The fraction of sp³-hybridized carbons (Fsp3) is 0.333. The van der Waals surface area contributed by atoms with Crippen molar-refractivity contribution in [2.45, 2.75) is 19.2 Å². The van der Waals surface area contributed by atoms with Crippen LogP contribution in [0, 0.1) is 5.82 Å². The molecular weight excluding hydrogens is 257 g/mol. The summed E-state index contributed by atoms with van der Waals surface area (Å²) in [5.41, 5.74) is 0.400. The van der Waals surface area contributed by atoms with E-state index in [0.717, 1.165) is 0 Å². The minimum Gasteiger partial charge on any atom is -0.406 e. The Morgan fingerprint density at radius 3 is 2.67 bits per heavy atom. The molecule has 1 unspecified atom stereocenters. The number of anilines is 2. The third-order valence-electron chi connectivity index (χ3n) is 2.46. The Balaban J connectivity index is 2.36. The number of alkyl halides is 1. The number of hydrogen-bond donors (Lipinski definition) is 0. The van der Waals surface area contributed by atoms with E-state index in [1.54, 1.807) is 30.0 Å². The number of nitrogens with zero attached hydrogens (tertiary/aromatic N) is 3. The minimum atomic E-state index is -0.370. The van der Waals surface area contributed by atoms with Gasteiger partial charge in [0.05, 0.1) is 5.69 Å². The summed E-state index contributed by atoms with van der Waals surface area (Å²) in [7, 11) is 0. The monoisotopic (exact) mass is 269 g/mol. The Morgan fingerprint density at radius 1 is 1.39 bits per heavy atom. The largest absolute Gasteiger partial charge is 0.406 e. The summed E-state index contributed by atoms with van der Waals surface area (Å²) in [4.78, 5) is 1.60. The van der Waals surface area contributed by atoms with Gasteiger partial charge in [-0.2, -0.15) is 0 Å². The molecule has 18 heavy (non-hydrogen) atoms. The molecule has 0 saturated carbocycles. The Morgan fingerprint density at radius 2 is 2.11 bits per heavy atom. The van der Waals surface area contributed by atoms with Crippen LogP contribution in [0.25, 0.3) is 0 Å². The molecule has 0 aliphatic rings. The Hall–Kier alpha value is -1.62. The predicted octanol–water partition coefficient (Wildman–Crippen LogP) is 3.67. The Bertz CT molecular complexity index is 530. The lowest BCUT2D eigenvalue weighted by atomic mass is 10.3. The molecule has 1 aromatic heterocycles. The Labute approximate surface area is 109 Å². The first-order valence-electron chi connectivity index (χ1n) is 5.63. The highest BCUT2D eigenvalue weighted by atomic mass is 35.5. The molecule has 2 aromatic rings. The van der Waals surface area contributed by atoms with Crippen molar-refractivity contribution >= 4 is 23.3 Å². The predicted molar refractivity (Wildman–Crippen MR) is 67.6 cm³/mol. The zero-order valence-electron chi connectivity index (χ0n) is 10.1. The number of halogens is 2. The van der Waals surface area contributed by atoms with Gasteiger partial charge in [0.2, 0.25) is 5.89 Å². The molecule has 0 saturated heterocycles. The van der Waals surface area contributed by atoms with Crippen LogP contribution in [0.2, 0.25) is 0 Å². The summed E-state index contributed by atoms with van der Waals surface area (Å²) in [6, 6.07) is 6.67. The molecule has 0 aliphatic heterocycles. The third kappa shape index (κ3) is 2.46. The fourth-order valence-electron chi connectivity index (χ4n) is 1.58. The van der Waals surface area contributed by atoms with Crippen LogP contribution in [0.4, 0.5) is 16.1 Å². The number of hydrogen-bond acceptors (Lipinski definition) is 4. The first-order valence-corrected chi connectivity index (χ1v) is 6.06. The maximum Gasteiger partial charge on any atom is 0.322 e.